The fraction of sp³-hybridized carbons (Fsp3) is 0.484. The van der Waals surface area contributed by atoms with Crippen molar-refractivity contribution in [2.45, 2.75) is 97.9 Å². The Morgan fingerprint density at radius 1 is 1.08 bits per heavy atom. The number of benzene rings is 2. The van der Waals surface area contributed by atoms with Crippen LogP contribution in [0.1, 0.15) is 94.0 Å². The summed E-state index contributed by atoms with van der Waals surface area (Å²) in [7, 11) is -4.55. The zero-order chi connectivity index (χ0) is 28.0. The molecule has 0 radical (unpaired) electrons. The molecule has 38 heavy (non-hydrogen) atoms. The van der Waals surface area contributed by atoms with Gasteiger partial charge in [0.25, 0.3) is 6.03 Å². The summed E-state index contributed by atoms with van der Waals surface area (Å²) in [6.45, 7) is 19.7. The van der Waals surface area contributed by atoms with Crippen molar-refractivity contribution in [3.05, 3.63) is 64.2 Å². The molecule has 1 saturated heterocycles. The van der Waals surface area contributed by atoms with Gasteiger partial charge in [0.15, 0.2) is 11.1 Å². The van der Waals surface area contributed by atoms with Crippen molar-refractivity contribution in [3.63, 3.8) is 0 Å². The van der Waals surface area contributed by atoms with Gasteiger partial charge in [0, 0.05) is 0 Å². The molecule has 2 amide bonds. The summed E-state index contributed by atoms with van der Waals surface area (Å²) in [5.41, 5.74) is 9.21. The molecule has 1 heterocycles. The van der Waals surface area contributed by atoms with Crippen LogP contribution in [0.2, 0.25) is 26.2 Å². The molecule has 4 nitrogen and oxygen atoms in total. The summed E-state index contributed by atoms with van der Waals surface area (Å²) in [6.07, 6.45) is 5.50. The zero-order valence-corrected chi connectivity index (χ0v) is 26.8. The number of fused-ring (bicyclic) bond motifs is 1. The van der Waals surface area contributed by atoms with E-state index in [1.165, 1.54) is 39.0 Å². The molecule has 0 spiro atoms. The second kappa shape index (κ2) is 10.6. The molecular formula is C31H45BN2O2Si2. The molecule has 2 N–H and O–H groups in total. The maximum absolute atomic E-state index is 14.0. The Kier molecular flexibility index (Phi) is 8.02. The Morgan fingerprint density at radius 3 is 2.24 bits per heavy atom. The molecule has 4 rings (SSSR count). The first-order valence-electron chi connectivity index (χ1n) is 14.4. The van der Waals surface area contributed by atoms with Gasteiger partial charge in [-0.2, -0.15) is 0 Å². The average molecular weight is 545 g/mol. The van der Waals surface area contributed by atoms with Crippen LogP contribution in [0.4, 0.5) is 9.59 Å². The van der Waals surface area contributed by atoms with E-state index in [0.717, 1.165) is 19.3 Å². The summed E-state index contributed by atoms with van der Waals surface area (Å²) in [5, 5.41) is 6.67. The van der Waals surface area contributed by atoms with Crippen LogP contribution >= 0.6 is 0 Å². The quantitative estimate of drug-likeness (QED) is 0.312. The van der Waals surface area contributed by atoms with E-state index in [9.17, 15) is 9.59 Å². The topological polar surface area (TPSA) is 58.2 Å². The number of amides is 2. The Balaban J connectivity index is 1.77. The molecule has 1 aliphatic heterocycles. The summed E-state index contributed by atoms with van der Waals surface area (Å²) < 4.78 is 0. The van der Waals surface area contributed by atoms with Crippen molar-refractivity contribution >= 4 is 39.1 Å². The Hall–Kier alpha value is -2.38. The molecule has 2 aromatic rings. The normalized spacial score (nSPS) is 18.3. The van der Waals surface area contributed by atoms with Crippen LogP contribution in [0.5, 0.6) is 0 Å². The highest BCUT2D eigenvalue weighted by atomic mass is 28.4. The Bertz CT molecular complexity index is 1260. The van der Waals surface area contributed by atoms with Gasteiger partial charge in [-0.25, -0.2) is 0 Å². The van der Waals surface area contributed by atoms with Gasteiger partial charge in [-0.05, 0) is 63.6 Å². The third-order valence-electron chi connectivity index (χ3n) is 8.75. The molecule has 1 atom stereocenters. The van der Waals surface area contributed by atoms with Crippen LogP contribution in [-0.2, 0) is 0 Å². The van der Waals surface area contributed by atoms with Gasteiger partial charge in [-0.3, -0.25) is 9.59 Å². The van der Waals surface area contributed by atoms with Crippen LogP contribution in [0.15, 0.2) is 42.0 Å². The summed E-state index contributed by atoms with van der Waals surface area (Å²) in [4.78, 5) is 26.3. The van der Waals surface area contributed by atoms with Crippen molar-refractivity contribution in [3.8, 4) is 11.1 Å². The molecule has 1 fully saturated rings. The fourth-order valence-electron chi connectivity index (χ4n) is 6.09. The molecule has 2 aromatic carbocycles. The van der Waals surface area contributed by atoms with Crippen molar-refractivity contribution in [1.82, 2.24) is 10.5 Å². The number of hydrogen-bond acceptors (Lipinski definition) is 2. The van der Waals surface area contributed by atoms with Crippen molar-refractivity contribution in [1.29, 1.82) is 0 Å². The van der Waals surface area contributed by atoms with E-state index in [4.69, 9.17) is 0 Å². The summed E-state index contributed by atoms with van der Waals surface area (Å²) >= 11 is 0. The first-order valence-corrected chi connectivity index (χ1v) is 20.5. The lowest BCUT2D eigenvalue weighted by atomic mass is 9.87. The molecule has 1 unspecified atom stereocenters. The highest BCUT2D eigenvalue weighted by molar-refractivity contribution is 7.75. The van der Waals surface area contributed by atoms with Crippen molar-refractivity contribution in [2.75, 3.05) is 0 Å². The number of unbranched alkanes of at least 4 members (excludes halogenated alkanes) is 1. The smallest absolute Gasteiger partial charge is 0.254 e. The Morgan fingerprint density at radius 2 is 1.71 bits per heavy atom. The molecule has 0 aromatic heterocycles. The summed E-state index contributed by atoms with van der Waals surface area (Å²) in [5.74, 6) is 0.880. The van der Waals surface area contributed by atoms with Gasteiger partial charge in [-0.15, -0.1) is 0 Å². The highest BCUT2D eigenvalue weighted by Crippen LogP contribution is 2.44. The average Bonchev–Trinajstić information content (AvgIpc) is 3.22. The SMILES string of the molecule is CCCCC1=Cc2cccc(-c3cc(C(C)C)cc(C(C)C)c3)c2C1NC(=O)[Si](C)(C)B1NC(=O)[Si]1(C)C. The van der Waals surface area contributed by atoms with Crippen LogP contribution in [0.3, 0.4) is 0 Å². The third kappa shape index (κ3) is 5.12. The van der Waals surface area contributed by atoms with E-state index in [0.29, 0.717) is 11.8 Å². The van der Waals surface area contributed by atoms with Gasteiger partial charge in [-0.1, -0.05) is 110 Å². The predicted molar refractivity (Wildman–Crippen MR) is 168 cm³/mol. The van der Waals surface area contributed by atoms with Gasteiger partial charge < -0.3 is 10.5 Å². The van der Waals surface area contributed by atoms with Crippen LogP contribution in [0, 0.1) is 0 Å². The lowest BCUT2D eigenvalue weighted by molar-refractivity contribution is 0.256. The number of hydrogen-bond donors (Lipinski definition) is 2. The zero-order valence-electron chi connectivity index (χ0n) is 24.8. The largest absolute Gasteiger partial charge is 0.408 e. The number of carbonyl (C=O) groups excluding carboxylic acids is 2. The first-order chi connectivity index (χ1) is 17.8. The molecule has 0 saturated carbocycles. The highest BCUT2D eigenvalue weighted by Gasteiger charge is 2.63. The number of rotatable bonds is 9. The number of carbonyl (C=O) groups is 2. The minimum absolute atomic E-state index is 0.0676. The molecular weight excluding hydrogens is 499 g/mol. The standard InChI is InChI=1S/C31H45BN2O2Si2/c1-10-11-13-23-16-22-14-12-15-27(26-18-24(20(2)3)17-25(19-26)21(4)5)28(22)29(23)33-30(35)37(6,7)32-34-31(36)38(32,8)9/h12,14-21,29H,10-11,13H2,1-9H3,(H,33,35)(H,34,36). The van der Waals surface area contributed by atoms with E-state index in [-0.39, 0.29) is 23.1 Å². The van der Waals surface area contributed by atoms with Gasteiger partial charge in [0.2, 0.25) is 0 Å². The molecule has 1 aliphatic carbocycles. The second-order valence-corrected chi connectivity index (χ2v) is 22.6. The maximum Gasteiger partial charge on any atom is 0.254 e. The third-order valence-corrected chi connectivity index (χ3v) is 18.9. The molecule has 202 valence electrons. The minimum Gasteiger partial charge on any atom is -0.408 e. The minimum atomic E-state index is -2.44. The molecule has 0 bridgehead atoms. The van der Waals surface area contributed by atoms with Crippen LogP contribution in [0.25, 0.3) is 17.2 Å². The fourth-order valence-corrected chi connectivity index (χ4v) is 16.6. The lowest BCUT2D eigenvalue weighted by Gasteiger charge is -2.46. The maximum atomic E-state index is 14.0. The van der Waals surface area contributed by atoms with E-state index in [1.54, 1.807) is 0 Å². The van der Waals surface area contributed by atoms with Crippen molar-refractivity contribution < 1.29 is 9.59 Å². The van der Waals surface area contributed by atoms with Gasteiger partial charge >= 0.3 is 0 Å². The van der Waals surface area contributed by atoms with Crippen LogP contribution in [-0.4, -0.2) is 33.0 Å². The lowest BCUT2D eigenvalue weighted by Crippen LogP contribution is -2.87. The monoisotopic (exact) mass is 544 g/mol. The van der Waals surface area contributed by atoms with E-state index in [1.807, 2.05) is 0 Å². The van der Waals surface area contributed by atoms with Crippen LogP contribution < -0.4 is 10.5 Å². The summed E-state index contributed by atoms with van der Waals surface area (Å²) in [6, 6.07) is 13.5. The van der Waals surface area contributed by atoms with Gasteiger partial charge in [0.05, 0.1) is 6.04 Å². The number of nitrogens with one attached hydrogen (secondary N) is 2. The van der Waals surface area contributed by atoms with Crippen molar-refractivity contribution in [2.24, 2.45) is 0 Å². The molecule has 2 aliphatic rings. The first kappa shape index (κ1) is 28.6. The molecule has 7 heteroatoms. The predicted octanol–water partition coefficient (Wildman–Crippen LogP) is 8.39. The van der Waals surface area contributed by atoms with Gasteiger partial charge in [0.1, 0.15) is 15.9 Å². The van der Waals surface area contributed by atoms with E-state index in [2.05, 4.69) is 114 Å². The Labute approximate surface area is 232 Å². The van der Waals surface area contributed by atoms with E-state index >= 15 is 0 Å². The van der Waals surface area contributed by atoms with E-state index < -0.39 is 15.9 Å². The second-order valence-electron chi connectivity index (χ2n) is 13.1.